The smallest absolute Gasteiger partial charge is 0.451 e. The zero-order valence-electron chi connectivity index (χ0n) is 11.8. The summed E-state index contributed by atoms with van der Waals surface area (Å²) in [6.45, 7) is 2.31. The molecule has 1 heterocycles. The van der Waals surface area contributed by atoms with Crippen molar-refractivity contribution in [2.45, 2.75) is 25.9 Å². The maximum Gasteiger partial charge on any atom is 0.451 e. The molecule has 0 fully saturated rings. The van der Waals surface area contributed by atoms with Crippen molar-refractivity contribution >= 4 is 17.6 Å². The minimum absolute atomic E-state index is 0.0468. The van der Waals surface area contributed by atoms with E-state index in [1.165, 1.54) is 13.1 Å². The van der Waals surface area contributed by atoms with Crippen LogP contribution in [0.1, 0.15) is 25.6 Å². The number of aromatic nitrogens is 2. The number of nitrogens with one attached hydrogen (secondary N) is 2. The van der Waals surface area contributed by atoms with Crippen LogP contribution in [0.3, 0.4) is 0 Å². The molecule has 1 aromatic heterocycles. The maximum absolute atomic E-state index is 12.6. The highest BCUT2D eigenvalue weighted by atomic mass is 19.4. The summed E-state index contributed by atoms with van der Waals surface area (Å²) in [7, 11) is 1.47. The first-order chi connectivity index (χ1) is 9.86. The molecule has 0 aliphatic heterocycles. The second-order valence-electron chi connectivity index (χ2n) is 4.05. The van der Waals surface area contributed by atoms with Crippen molar-refractivity contribution in [2.75, 3.05) is 30.8 Å². The third kappa shape index (κ3) is 5.84. The van der Waals surface area contributed by atoms with Crippen molar-refractivity contribution in [1.82, 2.24) is 9.97 Å². The highest BCUT2D eigenvalue weighted by Crippen LogP contribution is 2.28. The first-order valence-corrected chi connectivity index (χ1v) is 6.40. The summed E-state index contributed by atoms with van der Waals surface area (Å²) < 4.78 is 42.6. The first-order valence-electron chi connectivity index (χ1n) is 6.40. The molecule has 118 valence electrons. The Hall–Kier alpha value is -2.06. The van der Waals surface area contributed by atoms with Gasteiger partial charge in [0.2, 0.25) is 5.82 Å². The van der Waals surface area contributed by atoms with E-state index in [-0.39, 0.29) is 24.0 Å². The van der Waals surface area contributed by atoms with Crippen LogP contribution in [0.4, 0.5) is 24.8 Å². The summed E-state index contributed by atoms with van der Waals surface area (Å²) >= 11 is 0. The Kier molecular flexibility index (Phi) is 6.19. The molecule has 0 amide bonds. The normalized spacial score (nSPS) is 11.1. The monoisotopic (exact) mass is 306 g/mol. The van der Waals surface area contributed by atoms with Gasteiger partial charge in [0.25, 0.3) is 0 Å². The van der Waals surface area contributed by atoms with Gasteiger partial charge in [-0.25, -0.2) is 9.97 Å². The molecule has 0 bridgehead atoms. The molecule has 0 saturated carbocycles. The Labute approximate surface area is 120 Å². The molecule has 1 aromatic rings. The summed E-state index contributed by atoms with van der Waals surface area (Å²) in [6.07, 6.45) is -4.00. The molecule has 0 atom stereocenters. The van der Waals surface area contributed by atoms with Crippen LogP contribution in [-0.2, 0) is 15.7 Å². The molecule has 0 aliphatic rings. The van der Waals surface area contributed by atoms with Crippen LogP contribution in [0.5, 0.6) is 0 Å². The van der Waals surface area contributed by atoms with Crippen molar-refractivity contribution in [1.29, 1.82) is 0 Å². The van der Waals surface area contributed by atoms with Gasteiger partial charge in [0, 0.05) is 26.1 Å². The molecule has 0 saturated heterocycles. The highest BCUT2D eigenvalue weighted by Gasteiger charge is 2.35. The van der Waals surface area contributed by atoms with Crippen LogP contribution in [0.15, 0.2) is 6.07 Å². The van der Waals surface area contributed by atoms with E-state index in [9.17, 15) is 18.0 Å². The summed E-state index contributed by atoms with van der Waals surface area (Å²) in [6, 6.07) is 1.36. The van der Waals surface area contributed by atoms with E-state index in [0.29, 0.717) is 19.6 Å². The van der Waals surface area contributed by atoms with E-state index < -0.39 is 12.0 Å². The Morgan fingerprint density at radius 3 is 2.57 bits per heavy atom. The van der Waals surface area contributed by atoms with E-state index in [1.54, 1.807) is 6.92 Å². The Morgan fingerprint density at radius 2 is 2.00 bits per heavy atom. The average molecular weight is 306 g/mol. The van der Waals surface area contributed by atoms with Crippen molar-refractivity contribution in [3.63, 3.8) is 0 Å². The molecule has 0 spiro atoms. The lowest BCUT2D eigenvalue weighted by atomic mass is 10.3. The van der Waals surface area contributed by atoms with Crippen molar-refractivity contribution in [3.8, 4) is 0 Å². The fraction of sp³-hybridized carbons (Fsp3) is 0.583. The number of carbonyl (C=O) groups excluding carboxylic acids is 1. The quantitative estimate of drug-likeness (QED) is 0.594. The standard InChI is InChI=1S/C12H17F3N4O2/c1-3-21-10(20)5-4-6-17-9-7-8(16-2)18-11(19-9)12(13,14)15/h7H,3-6H2,1-2H3,(H2,16,17,18,19). The van der Waals surface area contributed by atoms with Gasteiger partial charge in [-0.2, -0.15) is 13.2 Å². The lowest BCUT2D eigenvalue weighted by Gasteiger charge is -2.11. The number of esters is 1. The second-order valence-corrected chi connectivity index (χ2v) is 4.05. The summed E-state index contributed by atoms with van der Waals surface area (Å²) in [5.41, 5.74) is 0. The number of hydrogen-bond acceptors (Lipinski definition) is 6. The van der Waals surface area contributed by atoms with Crippen LogP contribution in [0.25, 0.3) is 0 Å². The fourth-order valence-electron chi connectivity index (χ4n) is 1.47. The van der Waals surface area contributed by atoms with E-state index >= 15 is 0 Å². The number of carbonyl (C=O) groups is 1. The SMILES string of the molecule is CCOC(=O)CCCNc1cc(NC)nc(C(F)(F)F)n1. The third-order valence-corrected chi connectivity index (χ3v) is 2.40. The largest absolute Gasteiger partial charge is 0.466 e. The highest BCUT2D eigenvalue weighted by molar-refractivity contribution is 5.69. The molecule has 1 rings (SSSR count). The number of nitrogens with zero attached hydrogens (tertiary/aromatic N) is 2. The number of halogens is 3. The van der Waals surface area contributed by atoms with Crippen LogP contribution in [-0.4, -0.2) is 36.1 Å². The van der Waals surface area contributed by atoms with Gasteiger partial charge in [0.1, 0.15) is 11.6 Å². The summed E-state index contributed by atoms with van der Waals surface area (Å²) in [4.78, 5) is 17.9. The van der Waals surface area contributed by atoms with Crippen molar-refractivity contribution in [3.05, 3.63) is 11.9 Å². The summed E-state index contributed by atoms with van der Waals surface area (Å²) in [5.74, 6) is -1.45. The zero-order chi connectivity index (χ0) is 15.9. The van der Waals surface area contributed by atoms with E-state index in [0.717, 1.165) is 0 Å². The van der Waals surface area contributed by atoms with Gasteiger partial charge >= 0.3 is 12.1 Å². The van der Waals surface area contributed by atoms with Crippen molar-refractivity contribution < 1.29 is 22.7 Å². The molecule has 0 radical (unpaired) electrons. The first kappa shape index (κ1) is 17.0. The van der Waals surface area contributed by atoms with Gasteiger partial charge in [-0.15, -0.1) is 0 Å². The Balaban J connectivity index is 2.60. The van der Waals surface area contributed by atoms with Gasteiger partial charge in [-0.05, 0) is 13.3 Å². The van der Waals surface area contributed by atoms with Crippen LogP contribution < -0.4 is 10.6 Å². The molecule has 0 aromatic carbocycles. The van der Waals surface area contributed by atoms with Gasteiger partial charge in [0.05, 0.1) is 6.61 Å². The molecule has 0 aliphatic carbocycles. The van der Waals surface area contributed by atoms with E-state index in [4.69, 9.17) is 4.74 Å². The second kappa shape index (κ2) is 7.65. The Morgan fingerprint density at radius 1 is 1.33 bits per heavy atom. The van der Waals surface area contributed by atoms with Crippen LogP contribution >= 0.6 is 0 Å². The number of ether oxygens (including phenoxy) is 1. The van der Waals surface area contributed by atoms with Gasteiger partial charge < -0.3 is 15.4 Å². The third-order valence-electron chi connectivity index (χ3n) is 2.40. The average Bonchev–Trinajstić information content (AvgIpc) is 2.42. The van der Waals surface area contributed by atoms with Gasteiger partial charge in [-0.1, -0.05) is 0 Å². The predicted octanol–water partition coefficient (Wildman–Crippen LogP) is 2.29. The van der Waals surface area contributed by atoms with Gasteiger partial charge in [-0.3, -0.25) is 4.79 Å². The zero-order valence-corrected chi connectivity index (χ0v) is 11.8. The summed E-state index contributed by atoms with van der Waals surface area (Å²) in [5, 5.41) is 5.27. The molecular formula is C12H17F3N4O2. The fourth-order valence-corrected chi connectivity index (χ4v) is 1.47. The number of hydrogen-bond donors (Lipinski definition) is 2. The predicted molar refractivity (Wildman–Crippen MR) is 70.9 cm³/mol. The van der Waals surface area contributed by atoms with Crippen LogP contribution in [0, 0.1) is 0 Å². The molecule has 6 nitrogen and oxygen atoms in total. The lowest BCUT2D eigenvalue weighted by molar-refractivity contribution is -0.145. The van der Waals surface area contributed by atoms with E-state index in [2.05, 4.69) is 20.6 Å². The van der Waals surface area contributed by atoms with Crippen LogP contribution in [0.2, 0.25) is 0 Å². The number of anilines is 2. The minimum atomic E-state index is -4.62. The molecule has 21 heavy (non-hydrogen) atoms. The van der Waals surface area contributed by atoms with Gasteiger partial charge in [0.15, 0.2) is 0 Å². The number of rotatable bonds is 7. The van der Waals surface area contributed by atoms with Crippen molar-refractivity contribution in [2.24, 2.45) is 0 Å². The molecule has 9 heteroatoms. The number of alkyl halides is 3. The minimum Gasteiger partial charge on any atom is -0.466 e. The Bertz CT molecular complexity index is 480. The topological polar surface area (TPSA) is 76.1 Å². The van der Waals surface area contributed by atoms with E-state index in [1.807, 2.05) is 0 Å². The molecular weight excluding hydrogens is 289 g/mol. The molecule has 2 N–H and O–H groups in total. The maximum atomic E-state index is 12.6. The lowest BCUT2D eigenvalue weighted by Crippen LogP contribution is -2.15. The molecule has 0 unspecified atom stereocenters.